The maximum atomic E-state index is 13.0. The molecule has 0 atom stereocenters. The van der Waals surface area contributed by atoms with Gasteiger partial charge >= 0.3 is 0 Å². The zero-order chi connectivity index (χ0) is 22.7. The predicted molar refractivity (Wildman–Crippen MR) is 122 cm³/mol. The zero-order valence-electron chi connectivity index (χ0n) is 17.4. The number of piperidine rings is 1. The van der Waals surface area contributed by atoms with Crippen molar-refractivity contribution in [2.75, 3.05) is 18.4 Å². The maximum absolute atomic E-state index is 13.0. The molecule has 0 radical (unpaired) electrons. The Bertz CT molecular complexity index is 1230. The molecular formula is C22H22N4O4S2. The van der Waals surface area contributed by atoms with Crippen molar-refractivity contribution in [2.45, 2.75) is 24.7 Å². The van der Waals surface area contributed by atoms with E-state index in [-0.39, 0.29) is 35.6 Å². The molecule has 10 heteroatoms. The van der Waals surface area contributed by atoms with Crippen LogP contribution < -0.4 is 5.32 Å². The van der Waals surface area contributed by atoms with E-state index in [1.54, 1.807) is 18.3 Å². The number of anilines is 1. The Kier molecular flexibility index (Phi) is 6.45. The first-order valence-electron chi connectivity index (χ1n) is 10.1. The van der Waals surface area contributed by atoms with E-state index in [1.165, 1.54) is 34.7 Å². The molecule has 3 aromatic rings. The van der Waals surface area contributed by atoms with Gasteiger partial charge < -0.3 is 5.32 Å². The molecule has 8 nitrogen and oxygen atoms in total. The lowest BCUT2D eigenvalue weighted by Crippen LogP contribution is -2.41. The topological polar surface area (TPSA) is 109 Å². The number of nitrogens with zero attached hydrogens (tertiary/aromatic N) is 3. The minimum absolute atomic E-state index is 0.0953. The molecule has 1 aromatic carbocycles. The number of Topliss-reactive ketones (excluding diaryl/α,β-unsaturated/α-hetero) is 1. The first-order chi connectivity index (χ1) is 15.3. The summed E-state index contributed by atoms with van der Waals surface area (Å²) < 4.78 is 27.3. The number of carbonyl (C=O) groups is 2. The molecule has 0 spiro atoms. The lowest BCUT2D eigenvalue weighted by molar-refractivity contribution is -0.120. The fraction of sp³-hybridized carbons (Fsp3) is 0.273. The van der Waals surface area contributed by atoms with Crippen LogP contribution in [0.2, 0.25) is 0 Å². The van der Waals surface area contributed by atoms with Gasteiger partial charge in [0.1, 0.15) is 5.69 Å². The maximum Gasteiger partial charge on any atom is 0.243 e. The monoisotopic (exact) mass is 470 g/mol. The molecule has 1 amide bonds. The summed E-state index contributed by atoms with van der Waals surface area (Å²) in [5.74, 6) is -0.652. The number of hydrogen-bond acceptors (Lipinski definition) is 7. The third-order valence-corrected chi connectivity index (χ3v) is 8.02. The molecule has 1 N–H and O–H groups in total. The molecule has 166 valence electrons. The number of pyridine rings is 1. The van der Waals surface area contributed by atoms with E-state index in [9.17, 15) is 18.0 Å². The third kappa shape index (κ3) is 4.77. The second kappa shape index (κ2) is 9.27. The number of sulfonamides is 1. The van der Waals surface area contributed by atoms with Crippen LogP contribution in [0.15, 0.2) is 58.9 Å². The van der Waals surface area contributed by atoms with Gasteiger partial charge in [-0.2, -0.15) is 4.31 Å². The van der Waals surface area contributed by atoms with Gasteiger partial charge in [0.05, 0.1) is 10.6 Å². The van der Waals surface area contributed by atoms with E-state index in [2.05, 4.69) is 15.3 Å². The number of benzene rings is 1. The van der Waals surface area contributed by atoms with Crippen LogP contribution >= 0.6 is 11.3 Å². The number of aromatic nitrogens is 2. The molecule has 0 aliphatic carbocycles. The van der Waals surface area contributed by atoms with E-state index >= 15 is 0 Å². The molecule has 3 heterocycles. The van der Waals surface area contributed by atoms with Gasteiger partial charge in [-0.3, -0.25) is 14.6 Å². The average molecular weight is 471 g/mol. The fourth-order valence-electron chi connectivity index (χ4n) is 3.55. The van der Waals surface area contributed by atoms with Gasteiger partial charge in [-0.05, 0) is 44.0 Å². The number of rotatable bonds is 6. The summed E-state index contributed by atoms with van der Waals surface area (Å²) in [6.45, 7) is 1.88. The fourth-order valence-corrected chi connectivity index (χ4v) is 5.78. The van der Waals surface area contributed by atoms with Gasteiger partial charge in [-0.25, -0.2) is 13.4 Å². The summed E-state index contributed by atoms with van der Waals surface area (Å²) in [5, 5.41) is 5.17. The van der Waals surface area contributed by atoms with Gasteiger partial charge in [-0.1, -0.05) is 18.2 Å². The number of hydrogen-bond donors (Lipinski definition) is 1. The Morgan fingerprint density at radius 3 is 2.56 bits per heavy atom. The van der Waals surface area contributed by atoms with Gasteiger partial charge in [0.2, 0.25) is 15.9 Å². The Labute approximate surface area is 190 Å². The van der Waals surface area contributed by atoms with E-state index in [1.807, 2.05) is 23.6 Å². The summed E-state index contributed by atoms with van der Waals surface area (Å²) in [7, 11) is -3.72. The largest absolute Gasteiger partial charge is 0.302 e. The van der Waals surface area contributed by atoms with Crippen LogP contribution in [0.4, 0.5) is 5.13 Å². The van der Waals surface area contributed by atoms with Crippen LogP contribution in [0.25, 0.3) is 11.4 Å². The molecule has 0 unspecified atom stereocenters. The normalized spacial score (nSPS) is 15.4. The number of carbonyl (C=O) groups excluding carboxylic acids is 2. The molecule has 1 fully saturated rings. The number of amides is 1. The second-order valence-electron chi connectivity index (χ2n) is 7.50. The van der Waals surface area contributed by atoms with Gasteiger partial charge in [0.25, 0.3) is 0 Å². The smallest absolute Gasteiger partial charge is 0.243 e. The van der Waals surface area contributed by atoms with E-state index < -0.39 is 10.0 Å². The van der Waals surface area contributed by atoms with Crippen molar-refractivity contribution in [3.05, 3.63) is 59.6 Å². The highest BCUT2D eigenvalue weighted by atomic mass is 32.2. The molecule has 1 aliphatic rings. The molecular weight excluding hydrogens is 448 g/mol. The van der Waals surface area contributed by atoms with Crippen molar-refractivity contribution in [1.82, 2.24) is 14.3 Å². The highest BCUT2D eigenvalue weighted by Gasteiger charge is 2.32. The highest BCUT2D eigenvalue weighted by Crippen LogP contribution is 2.27. The van der Waals surface area contributed by atoms with Crippen LogP contribution in [0, 0.1) is 5.92 Å². The van der Waals surface area contributed by atoms with Crippen molar-refractivity contribution in [2.24, 2.45) is 5.92 Å². The molecule has 1 aliphatic heterocycles. The summed E-state index contributed by atoms with van der Waals surface area (Å²) in [6, 6.07) is 11.6. The number of thiazole rings is 1. The number of nitrogens with one attached hydrogen (secondary N) is 1. The van der Waals surface area contributed by atoms with Crippen LogP contribution in [0.1, 0.15) is 30.1 Å². The standard InChI is InChI=1S/C22H22N4O4S2/c1-15(27)17-5-4-6-18(13-17)32(29,30)26-11-8-16(9-12-26)21(28)25-22-24-20(14-31-22)19-7-2-3-10-23-19/h2-7,10,13-14,16H,8-9,11-12H2,1H3,(H,24,25,28). The van der Waals surface area contributed by atoms with Crippen LogP contribution in [-0.4, -0.2) is 47.5 Å². The summed E-state index contributed by atoms with van der Waals surface area (Å²) in [6.07, 6.45) is 2.51. The highest BCUT2D eigenvalue weighted by molar-refractivity contribution is 7.89. The molecule has 0 bridgehead atoms. The van der Waals surface area contributed by atoms with Crippen molar-refractivity contribution in [1.29, 1.82) is 0 Å². The van der Waals surface area contributed by atoms with Gasteiger partial charge in [0.15, 0.2) is 10.9 Å². The van der Waals surface area contributed by atoms with Crippen molar-refractivity contribution in [3.63, 3.8) is 0 Å². The zero-order valence-corrected chi connectivity index (χ0v) is 19.0. The molecule has 2 aromatic heterocycles. The lowest BCUT2D eigenvalue weighted by Gasteiger charge is -2.30. The minimum atomic E-state index is -3.72. The third-order valence-electron chi connectivity index (χ3n) is 5.36. The van der Waals surface area contributed by atoms with Crippen LogP contribution in [0.5, 0.6) is 0 Å². The minimum Gasteiger partial charge on any atom is -0.302 e. The predicted octanol–water partition coefficient (Wildman–Crippen LogP) is 3.45. The lowest BCUT2D eigenvalue weighted by atomic mass is 9.97. The van der Waals surface area contributed by atoms with Crippen LogP contribution in [0.3, 0.4) is 0 Å². The van der Waals surface area contributed by atoms with Crippen molar-refractivity contribution < 1.29 is 18.0 Å². The van der Waals surface area contributed by atoms with Gasteiger partial charge in [-0.15, -0.1) is 11.3 Å². The first kappa shape index (κ1) is 22.3. The Hall–Kier alpha value is -2.95. The van der Waals surface area contributed by atoms with Crippen molar-refractivity contribution >= 4 is 38.2 Å². The SMILES string of the molecule is CC(=O)c1cccc(S(=O)(=O)N2CCC(C(=O)Nc3nc(-c4ccccn4)cs3)CC2)c1. The summed E-state index contributed by atoms with van der Waals surface area (Å²) >= 11 is 1.33. The summed E-state index contributed by atoms with van der Waals surface area (Å²) in [5.41, 5.74) is 1.78. The first-order valence-corrected chi connectivity index (χ1v) is 12.5. The quantitative estimate of drug-likeness (QED) is 0.553. The second-order valence-corrected chi connectivity index (χ2v) is 10.3. The Balaban J connectivity index is 1.37. The van der Waals surface area contributed by atoms with E-state index in [0.717, 1.165) is 5.69 Å². The molecule has 4 rings (SSSR count). The van der Waals surface area contributed by atoms with E-state index in [0.29, 0.717) is 29.2 Å². The Morgan fingerprint density at radius 2 is 1.88 bits per heavy atom. The summed E-state index contributed by atoms with van der Waals surface area (Å²) in [4.78, 5) is 33.1. The molecule has 0 saturated carbocycles. The van der Waals surface area contributed by atoms with Crippen molar-refractivity contribution in [3.8, 4) is 11.4 Å². The van der Waals surface area contributed by atoms with E-state index in [4.69, 9.17) is 0 Å². The molecule has 1 saturated heterocycles. The van der Waals surface area contributed by atoms with Gasteiger partial charge in [0, 0.05) is 36.1 Å². The van der Waals surface area contributed by atoms with Crippen LogP contribution in [-0.2, 0) is 14.8 Å². The molecule has 32 heavy (non-hydrogen) atoms. The average Bonchev–Trinajstić information content (AvgIpc) is 3.28. The number of ketones is 1. The Morgan fingerprint density at radius 1 is 1.09 bits per heavy atom.